The van der Waals surface area contributed by atoms with Gasteiger partial charge in [-0.1, -0.05) is 38.2 Å². The van der Waals surface area contributed by atoms with Gasteiger partial charge in [0.05, 0.1) is 12.7 Å². The highest BCUT2D eigenvalue weighted by atomic mass is 16.5. The third kappa shape index (κ3) is 2.73. The number of rotatable bonds is 6. The molecule has 0 amide bonds. The number of methoxy groups -OCH3 is 1. The topological polar surface area (TPSA) is 46.5 Å². The van der Waals surface area contributed by atoms with E-state index in [-0.39, 0.29) is 5.92 Å². The van der Waals surface area contributed by atoms with Crippen LogP contribution < -0.4 is 0 Å². The molecule has 0 saturated carbocycles. The molecule has 0 spiro atoms. The van der Waals surface area contributed by atoms with Crippen molar-refractivity contribution in [1.82, 2.24) is 0 Å². The zero-order valence-corrected chi connectivity index (χ0v) is 12.8. The number of carbonyl (C=O) groups is 1. The third-order valence-corrected chi connectivity index (χ3v) is 4.39. The molecule has 0 saturated heterocycles. The van der Waals surface area contributed by atoms with E-state index in [1.54, 1.807) is 12.2 Å². The molecule has 0 heterocycles. The van der Waals surface area contributed by atoms with Crippen molar-refractivity contribution < 1.29 is 14.6 Å². The van der Waals surface area contributed by atoms with Crippen molar-refractivity contribution in [2.45, 2.75) is 38.7 Å². The fraction of sp³-hybridized carbons (Fsp3) is 0.588. The minimum absolute atomic E-state index is 0.238. The Labute approximate surface area is 122 Å². The zero-order chi connectivity index (χ0) is 15.4. The fourth-order valence-electron chi connectivity index (χ4n) is 3.05. The standard InChI is InChI=1S/C17H26O3/c1-6-9-16(15(18)20-5)11-8-14(13(3)4)12-17(16,19)10-7-2/h6-8,11,13-14,19H,1-2,9-10,12H2,3-5H3/t14-,16-,17+/m0/s1. The summed E-state index contributed by atoms with van der Waals surface area (Å²) in [4.78, 5) is 12.3. The summed E-state index contributed by atoms with van der Waals surface area (Å²) in [5, 5.41) is 11.2. The molecule has 3 nitrogen and oxygen atoms in total. The average molecular weight is 278 g/mol. The number of carbonyl (C=O) groups excluding carboxylic acids is 1. The molecule has 1 aliphatic carbocycles. The number of hydrogen-bond donors (Lipinski definition) is 1. The van der Waals surface area contributed by atoms with Gasteiger partial charge in [0.2, 0.25) is 0 Å². The van der Waals surface area contributed by atoms with Crippen molar-refractivity contribution in [2.24, 2.45) is 17.3 Å². The summed E-state index contributed by atoms with van der Waals surface area (Å²) in [6.45, 7) is 11.7. The van der Waals surface area contributed by atoms with E-state index in [1.807, 2.05) is 12.2 Å². The first-order valence-corrected chi connectivity index (χ1v) is 7.09. The molecule has 0 radical (unpaired) electrons. The quantitative estimate of drug-likeness (QED) is 0.599. The normalized spacial score (nSPS) is 33.0. The van der Waals surface area contributed by atoms with E-state index in [1.165, 1.54) is 7.11 Å². The lowest BCUT2D eigenvalue weighted by Gasteiger charge is -2.47. The van der Waals surface area contributed by atoms with Crippen molar-refractivity contribution in [1.29, 1.82) is 0 Å². The van der Waals surface area contributed by atoms with E-state index >= 15 is 0 Å². The van der Waals surface area contributed by atoms with Gasteiger partial charge in [-0.15, -0.1) is 13.2 Å². The summed E-state index contributed by atoms with van der Waals surface area (Å²) in [6.07, 6.45) is 8.40. The van der Waals surface area contributed by atoms with Gasteiger partial charge < -0.3 is 9.84 Å². The summed E-state index contributed by atoms with van der Waals surface area (Å²) in [7, 11) is 1.35. The molecule has 0 aromatic heterocycles. The molecular formula is C17H26O3. The van der Waals surface area contributed by atoms with Crippen molar-refractivity contribution in [3.8, 4) is 0 Å². The van der Waals surface area contributed by atoms with Crippen LogP contribution in [0.4, 0.5) is 0 Å². The summed E-state index contributed by atoms with van der Waals surface area (Å²) < 4.78 is 4.95. The van der Waals surface area contributed by atoms with Crippen molar-refractivity contribution in [3.05, 3.63) is 37.5 Å². The van der Waals surface area contributed by atoms with Gasteiger partial charge >= 0.3 is 5.97 Å². The van der Waals surface area contributed by atoms with Crippen LogP contribution in [0.25, 0.3) is 0 Å². The molecule has 0 aromatic carbocycles. The van der Waals surface area contributed by atoms with E-state index in [2.05, 4.69) is 27.0 Å². The first kappa shape index (κ1) is 16.7. The van der Waals surface area contributed by atoms with Gasteiger partial charge in [-0.05, 0) is 31.1 Å². The number of esters is 1. The minimum atomic E-state index is -1.18. The molecule has 0 aromatic rings. The average Bonchev–Trinajstić information content (AvgIpc) is 2.40. The van der Waals surface area contributed by atoms with Crippen LogP contribution >= 0.6 is 0 Å². The monoisotopic (exact) mass is 278 g/mol. The Hall–Kier alpha value is -1.35. The zero-order valence-electron chi connectivity index (χ0n) is 12.8. The predicted octanol–water partition coefficient (Wildman–Crippen LogP) is 3.26. The lowest BCUT2D eigenvalue weighted by Crippen LogP contribution is -2.55. The van der Waals surface area contributed by atoms with Crippen molar-refractivity contribution >= 4 is 5.97 Å². The van der Waals surface area contributed by atoms with Crippen LogP contribution in [0.15, 0.2) is 37.5 Å². The van der Waals surface area contributed by atoms with Crippen molar-refractivity contribution in [2.75, 3.05) is 7.11 Å². The summed E-state index contributed by atoms with van der Waals surface area (Å²) >= 11 is 0. The minimum Gasteiger partial charge on any atom is -0.468 e. The molecule has 3 heteroatoms. The Morgan fingerprint density at radius 3 is 2.50 bits per heavy atom. The van der Waals surface area contributed by atoms with E-state index < -0.39 is 17.0 Å². The Morgan fingerprint density at radius 1 is 1.45 bits per heavy atom. The largest absolute Gasteiger partial charge is 0.468 e. The maximum absolute atomic E-state index is 12.3. The van der Waals surface area contributed by atoms with Crippen LogP contribution in [0.1, 0.15) is 33.1 Å². The molecule has 20 heavy (non-hydrogen) atoms. The lowest BCUT2D eigenvalue weighted by molar-refractivity contribution is -0.169. The van der Waals surface area contributed by atoms with E-state index in [9.17, 15) is 9.90 Å². The molecule has 112 valence electrons. The van der Waals surface area contributed by atoms with E-state index in [4.69, 9.17) is 4.74 Å². The summed E-state index contributed by atoms with van der Waals surface area (Å²) in [5.41, 5.74) is -2.25. The lowest BCUT2D eigenvalue weighted by atomic mass is 9.60. The summed E-state index contributed by atoms with van der Waals surface area (Å²) in [6, 6.07) is 0. The van der Waals surface area contributed by atoms with Crippen LogP contribution in [0.2, 0.25) is 0 Å². The molecule has 0 unspecified atom stereocenters. The highest BCUT2D eigenvalue weighted by molar-refractivity contribution is 5.81. The first-order valence-electron chi connectivity index (χ1n) is 7.09. The smallest absolute Gasteiger partial charge is 0.318 e. The molecule has 3 atom stereocenters. The number of ether oxygens (including phenoxy) is 1. The van der Waals surface area contributed by atoms with E-state index in [0.717, 1.165) is 0 Å². The highest BCUT2D eigenvalue weighted by Crippen LogP contribution is 2.49. The Kier molecular flexibility index (Phi) is 5.35. The van der Waals surface area contributed by atoms with Crippen LogP contribution in [-0.2, 0) is 9.53 Å². The van der Waals surface area contributed by atoms with E-state index in [0.29, 0.717) is 25.2 Å². The Morgan fingerprint density at radius 2 is 2.05 bits per heavy atom. The number of allylic oxidation sites excluding steroid dienone is 2. The van der Waals surface area contributed by atoms with Gasteiger partial charge in [-0.25, -0.2) is 0 Å². The second-order valence-electron chi connectivity index (χ2n) is 5.95. The molecule has 0 aliphatic heterocycles. The number of aliphatic hydroxyl groups is 1. The molecule has 1 aliphatic rings. The maximum Gasteiger partial charge on any atom is 0.318 e. The molecular weight excluding hydrogens is 252 g/mol. The van der Waals surface area contributed by atoms with Crippen molar-refractivity contribution in [3.63, 3.8) is 0 Å². The highest BCUT2D eigenvalue weighted by Gasteiger charge is 2.56. The second-order valence-corrected chi connectivity index (χ2v) is 5.95. The maximum atomic E-state index is 12.3. The van der Waals surface area contributed by atoms with Gasteiger partial charge in [0.1, 0.15) is 5.41 Å². The third-order valence-electron chi connectivity index (χ3n) is 4.39. The van der Waals surface area contributed by atoms with Gasteiger partial charge in [0.25, 0.3) is 0 Å². The Balaban J connectivity index is 3.35. The fourth-order valence-corrected chi connectivity index (χ4v) is 3.05. The van der Waals surface area contributed by atoms with Crippen LogP contribution in [-0.4, -0.2) is 23.8 Å². The first-order chi connectivity index (χ1) is 9.36. The van der Waals surface area contributed by atoms with Gasteiger partial charge in [-0.3, -0.25) is 4.79 Å². The van der Waals surface area contributed by atoms with Crippen LogP contribution in [0.5, 0.6) is 0 Å². The van der Waals surface area contributed by atoms with Crippen LogP contribution in [0, 0.1) is 17.3 Å². The SMILES string of the molecule is C=CC[C@@]1(O)C[C@@H](C(C)C)C=C[C@@]1(CC=C)C(=O)OC. The predicted molar refractivity (Wildman–Crippen MR) is 81.1 cm³/mol. The molecule has 1 N–H and O–H groups in total. The number of hydrogen-bond acceptors (Lipinski definition) is 3. The van der Waals surface area contributed by atoms with Gasteiger partial charge in [-0.2, -0.15) is 0 Å². The van der Waals surface area contributed by atoms with Gasteiger partial charge in [0, 0.05) is 0 Å². The van der Waals surface area contributed by atoms with Crippen LogP contribution in [0.3, 0.4) is 0 Å². The molecule has 1 rings (SSSR count). The van der Waals surface area contributed by atoms with Gasteiger partial charge in [0.15, 0.2) is 0 Å². The Bertz CT molecular complexity index is 410. The second kappa shape index (κ2) is 6.40. The molecule has 0 fully saturated rings. The molecule has 0 bridgehead atoms. The summed E-state index contributed by atoms with van der Waals surface area (Å²) in [5.74, 6) is 0.227.